The van der Waals surface area contributed by atoms with Gasteiger partial charge in [0.2, 0.25) is 10.0 Å². The highest BCUT2D eigenvalue weighted by Gasteiger charge is 2.31. The van der Waals surface area contributed by atoms with Crippen LogP contribution in [0.25, 0.3) is 0 Å². The Bertz CT molecular complexity index is 1190. The number of nitrogens with zero attached hydrogens (tertiary/aromatic N) is 1. The molecule has 1 aliphatic heterocycles. The number of rotatable bonds is 7. The number of alkyl halides is 3. The molecule has 0 aromatic heterocycles. The monoisotopic (exact) mass is 512 g/mol. The Hall–Kier alpha value is -2.83. The second-order valence-corrected chi connectivity index (χ2v) is 10.5. The van der Waals surface area contributed by atoms with E-state index in [9.17, 15) is 31.5 Å². The summed E-state index contributed by atoms with van der Waals surface area (Å²) >= 11 is 0. The van der Waals surface area contributed by atoms with Crippen molar-refractivity contribution < 1.29 is 31.5 Å². The van der Waals surface area contributed by atoms with Gasteiger partial charge < -0.3 is 20.6 Å². The summed E-state index contributed by atoms with van der Waals surface area (Å²) in [7, 11) is -3.78. The fourth-order valence-corrected chi connectivity index (χ4v) is 5.26. The highest BCUT2D eigenvalue weighted by atomic mass is 32.2. The predicted octanol–water partition coefficient (Wildman–Crippen LogP) is 3.43. The molecule has 1 aliphatic carbocycles. The molecule has 2 aliphatic rings. The Balaban J connectivity index is 1.52. The van der Waals surface area contributed by atoms with Gasteiger partial charge in [-0.1, -0.05) is 12.1 Å². The van der Waals surface area contributed by atoms with Gasteiger partial charge in [-0.15, -0.1) is 0 Å². The number of anilines is 2. The zero-order valence-electron chi connectivity index (χ0n) is 18.8. The largest absolute Gasteiger partial charge is 0.416 e. The molecule has 12 heteroatoms. The molecule has 1 saturated heterocycles. The smallest absolute Gasteiger partial charge is 0.391 e. The molecule has 1 unspecified atom stereocenters. The minimum Gasteiger partial charge on any atom is -0.391 e. The molecule has 2 aromatic carbocycles. The van der Waals surface area contributed by atoms with Crippen molar-refractivity contribution in [3.8, 4) is 0 Å². The molecule has 0 radical (unpaired) electrons. The topological polar surface area (TPSA) is 111 Å². The Labute approximate surface area is 201 Å². The third-order valence-electron chi connectivity index (χ3n) is 5.87. The number of hydrogen-bond donors (Lipinski definition) is 4. The number of carbonyl (C=O) groups excluding carboxylic acids is 1. The normalized spacial score (nSPS) is 18.9. The van der Waals surface area contributed by atoms with E-state index in [1.165, 1.54) is 24.3 Å². The van der Waals surface area contributed by atoms with Crippen molar-refractivity contribution in [3.63, 3.8) is 0 Å². The number of aliphatic hydroxyl groups is 1. The second-order valence-electron chi connectivity index (χ2n) is 8.82. The van der Waals surface area contributed by atoms with Crippen molar-refractivity contribution in [2.75, 3.05) is 23.3 Å². The van der Waals surface area contributed by atoms with Crippen LogP contribution in [0.1, 0.15) is 36.8 Å². The highest BCUT2D eigenvalue weighted by Crippen LogP contribution is 2.32. The number of sulfonamides is 1. The number of β-amino-alcohol motifs (C(OH)–C–C–N with tert-alkyl or cyclic N) is 1. The van der Waals surface area contributed by atoms with Crippen molar-refractivity contribution in [1.29, 1.82) is 0 Å². The van der Waals surface area contributed by atoms with Crippen molar-refractivity contribution in [2.24, 2.45) is 0 Å². The molecule has 0 bridgehead atoms. The molecule has 2 amide bonds. The summed E-state index contributed by atoms with van der Waals surface area (Å²) in [6.07, 6.45) is -2.13. The molecule has 35 heavy (non-hydrogen) atoms. The third kappa shape index (κ3) is 6.65. The van der Waals surface area contributed by atoms with Gasteiger partial charge in [0.1, 0.15) is 0 Å². The van der Waals surface area contributed by atoms with Crippen LogP contribution in [-0.2, 0) is 22.7 Å². The molecule has 190 valence electrons. The summed E-state index contributed by atoms with van der Waals surface area (Å²) in [5.41, 5.74) is 0.214. The number of urea groups is 1. The number of hydrogen-bond acceptors (Lipinski definition) is 5. The number of piperidine rings is 1. The number of amides is 2. The quantitative estimate of drug-likeness (QED) is 0.454. The summed E-state index contributed by atoms with van der Waals surface area (Å²) in [5.74, 6) is 0. The maximum absolute atomic E-state index is 12.9. The standard InChI is InChI=1S/C23H27F3N4O4S/c24-23(25,26)16-4-1-3-15(11-16)13-27-22(32)28-20-12-19(35(33,34)29-17-6-7-17)8-9-21(20)30-10-2-5-18(31)14-30/h1,3-4,8-9,11-12,17-18,29,31H,2,5-7,10,13-14H2,(H2,27,28,32). The van der Waals surface area contributed by atoms with Crippen LogP contribution in [0, 0.1) is 0 Å². The van der Waals surface area contributed by atoms with Crippen LogP contribution >= 0.6 is 0 Å². The van der Waals surface area contributed by atoms with Gasteiger partial charge in [-0.2, -0.15) is 13.2 Å². The average molecular weight is 513 g/mol. The highest BCUT2D eigenvalue weighted by molar-refractivity contribution is 7.89. The van der Waals surface area contributed by atoms with Crippen LogP contribution in [0.3, 0.4) is 0 Å². The molecule has 1 atom stereocenters. The van der Waals surface area contributed by atoms with Gasteiger partial charge in [-0.05, 0) is 61.6 Å². The minimum atomic E-state index is -4.49. The number of halogens is 3. The van der Waals surface area contributed by atoms with Gasteiger partial charge in [0.15, 0.2) is 0 Å². The Morgan fingerprint density at radius 3 is 2.57 bits per heavy atom. The molecule has 0 spiro atoms. The van der Waals surface area contributed by atoms with Crippen LogP contribution in [-0.4, -0.2) is 44.8 Å². The summed E-state index contributed by atoms with van der Waals surface area (Å²) in [6, 6.07) is 8.22. The van der Waals surface area contributed by atoms with Gasteiger partial charge in [-0.25, -0.2) is 17.9 Å². The van der Waals surface area contributed by atoms with Crippen LogP contribution in [0.4, 0.5) is 29.3 Å². The maximum atomic E-state index is 12.9. The minimum absolute atomic E-state index is 0.0149. The molecule has 2 fully saturated rings. The lowest BCUT2D eigenvalue weighted by molar-refractivity contribution is -0.137. The van der Waals surface area contributed by atoms with E-state index in [1.807, 2.05) is 4.90 Å². The van der Waals surface area contributed by atoms with E-state index in [-0.39, 0.29) is 28.7 Å². The van der Waals surface area contributed by atoms with Gasteiger partial charge in [0, 0.05) is 25.7 Å². The lowest BCUT2D eigenvalue weighted by atomic mass is 10.1. The molecule has 4 rings (SSSR count). The number of nitrogens with one attached hydrogen (secondary N) is 3. The molecule has 4 N–H and O–H groups in total. The molecular formula is C23H27F3N4O4S. The summed E-state index contributed by atoms with van der Waals surface area (Å²) in [4.78, 5) is 14.5. The first-order valence-corrected chi connectivity index (χ1v) is 12.8. The van der Waals surface area contributed by atoms with Gasteiger partial charge in [-0.3, -0.25) is 0 Å². The van der Waals surface area contributed by atoms with Crippen LogP contribution in [0.2, 0.25) is 0 Å². The third-order valence-corrected chi connectivity index (χ3v) is 7.39. The lowest BCUT2D eigenvalue weighted by Crippen LogP contribution is -2.39. The van der Waals surface area contributed by atoms with Crippen LogP contribution < -0.4 is 20.3 Å². The van der Waals surface area contributed by atoms with Gasteiger partial charge >= 0.3 is 12.2 Å². The number of carbonyl (C=O) groups is 1. The van der Waals surface area contributed by atoms with Crippen molar-refractivity contribution >= 4 is 27.4 Å². The lowest BCUT2D eigenvalue weighted by Gasteiger charge is -2.33. The average Bonchev–Trinajstić information content (AvgIpc) is 3.60. The predicted molar refractivity (Wildman–Crippen MR) is 125 cm³/mol. The Morgan fingerprint density at radius 1 is 1.11 bits per heavy atom. The zero-order chi connectivity index (χ0) is 25.2. The molecule has 1 saturated carbocycles. The molecular weight excluding hydrogens is 485 g/mol. The Kier molecular flexibility index (Phi) is 7.25. The van der Waals surface area contributed by atoms with E-state index in [4.69, 9.17) is 0 Å². The summed E-state index contributed by atoms with van der Waals surface area (Å²) in [5, 5.41) is 15.2. The van der Waals surface area contributed by atoms with Crippen molar-refractivity contribution in [3.05, 3.63) is 53.6 Å². The summed E-state index contributed by atoms with van der Waals surface area (Å²) in [6.45, 7) is 0.783. The number of benzene rings is 2. The van der Waals surface area contributed by atoms with E-state index in [0.717, 1.165) is 31.4 Å². The summed E-state index contributed by atoms with van der Waals surface area (Å²) < 4.78 is 66.8. The first kappa shape index (κ1) is 25.3. The van der Waals surface area contributed by atoms with Gasteiger partial charge in [0.05, 0.1) is 27.9 Å². The van der Waals surface area contributed by atoms with E-state index < -0.39 is 33.9 Å². The van der Waals surface area contributed by atoms with E-state index in [0.29, 0.717) is 25.2 Å². The van der Waals surface area contributed by atoms with E-state index >= 15 is 0 Å². The fourth-order valence-electron chi connectivity index (χ4n) is 3.93. The maximum Gasteiger partial charge on any atom is 0.416 e. The van der Waals surface area contributed by atoms with E-state index in [1.54, 1.807) is 6.07 Å². The van der Waals surface area contributed by atoms with Gasteiger partial charge in [0.25, 0.3) is 0 Å². The zero-order valence-corrected chi connectivity index (χ0v) is 19.6. The number of aliphatic hydroxyl groups excluding tert-OH is 1. The first-order valence-electron chi connectivity index (χ1n) is 11.3. The van der Waals surface area contributed by atoms with Crippen LogP contribution in [0.15, 0.2) is 47.4 Å². The van der Waals surface area contributed by atoms with Crippen LogP contribution in [0.5, 0.6) is 0 Å². The SMILES string of the molecule is O=C(NCc1cccc(C(F)(F)F)c1)Nc1cc(S(=O)(=O)NC2CC2)ccc1N1CCCC(O)C1. The fraction of sp³-hybridized carbons (Fsp3) is 0.435. The van der Waals surface area contributed by atoms with Crippen molar-refractivity contribution in [1.82, 2.24) is 10.0 Å². The van der Waals surface area contributed by atoms with E-state index in [2.05, 4.69) is 15.4 Å². The second kappa shape index (κ2) is 10.0. The first-order chi connectivity index (χ1) is 16.5. The molecule has 2 aromatic rings. The molecule has 1 heterocycles. The molecule has 8 nitrogen and oxygen atoms in total. The Morgan fingerprint density at radius 2 is 1.89 bits per heavy atom. The van der Waals surface area contributed by atoms with Crippen molar-refractivity contribution in [2.45, 2.75) is 55.4 Å².